The predicted molar refractivity (Wildman–Crippen MR) is 121 cm³/mol. The minimum absolute atomic E-state index is 0.108. The lowest BCUT2D eigenvalue weighted by Crippen LogP contribution is -2.38. The molecule has 0 amide bonds. The van der Waals surface area contributed by atoms with Gasteiger partial charge in [-0.2, -0.15) is 0 Å². The molecule has 1 aliphatic heterocycles. The number of ether oxygens (including phenoxy) is 1. The molecule has 8 heteroatoms. The van der Waals surface area contributed by atoms with E-state index in [4.69, 9.17) is 4.74 Å². The molecule has 1 aromatic heterocycles. The molecule has 31 heavy (non-hydrogen) atoms. The molecule has 2 heterocycles. The minimum atomic E-state index is -0.296. The zero-order valence-corrected chi connectivity index (χ0v) is 18.7. The Bertz CT molecular complexity index is 837. The van der Waals surface area contributed by atoms with E-state index in [9.17, 15) is 4.39 Å². The summed E-state index contributed by atoms with van der Waals surface area (Å²) in [6, 6.07) is 6.24. The number of nitrogens with one attached hydrogen (secondary N) is 2. The minimum Gasteiger partial charge on any atom is -0.488 e. The molecule has 2 N–H and O–H groups in total. The molecular formula is C23H35FN6O. The van der Waals surface area contributed by atoms with Gasteiger partial charge in [-0.15, -0.1) is 10.2 Å². The van der Waals surface area contributed by atoms with Crippen LogP contribution in [0.3, 0.4) is 0 Å². The Kier molecular flexibility index (Phi) is 9.12. The third-order valence-electron chi connectivity index (χ3n) is 5.41. The fourth-order valence-corrected chi connectivity index (χ4v) is 3.70. The van der Waals surface area contributed by atoms with Gasteiger partial charge >= 0.3 is 0 Å². The lowest BCUT2D eigenvalue weighted by Gasteiger charge is -2.17. The number of aryl methyl sites for hydroxylation is 2. The monoisotopic (exact) mass is 430 g/mol. The lowest BCUT2D eigenvalue weighted by atomic mass is 10.2. The smallest absolute Gasteiger partial charge is 0.191 e. The molecular weight excluding hydrogens is 395 g/mol. The first-order chi connectivity index (χ1) is 15.2. The number of halogens is 1. The van der Waals surface area contributed by atoms with Crippen molar-refractivity contribution in [2.24, 2.45) is 4.99 Å². The van der Waals surface area contributed by atoms with E-state index in [2.05, 4.69) is 30.4 Å². The van der Waals surface area contributed by atoms with Crippen LogP contribution < -0.4 is 15.4 Å². The molecule has 1 atom stereocenters. The average molecular weight is 431 g/mol. The summed E-state index contributed by atoms with van der Waals surface area (Å²) >= 11 is 0. The molecule has 0 spiro atoms. The second kappa shape index (κ2) is 12.3. The summed E-state index contributed by atoms with van der Waals surface area (Å²) in [5, 5.41) is 15.5. The Balaban J connectivity index is 1.47. The Hall–Kier alpha value is -2.64. The number of aliphatic imine (C=N–C) groups is 1. The van der Waals surface area contributed by atoms with Crippen LogP contribution in [0.2, 0.25) is 0 Å². The van der Waals surface area contributed by atoms with E-state index in [1.807, 2.05) is 13.8 Å². The normalized spacial score (nSPS) is 15.1. The Morgan fingerprint density at radius 1 is 1.23 bits per heavy atom. The lowest BCUT2D eigenvalue weighted by molar-refractivity contribution is 0.205. The summed E-state index contributed by atoms with van der Waals surface area (Å²) < 4.78 is 21.6. The van der Waals surface area contributed by atoms with E-state index in [0.717, 1.165) is 62.9 Å². The molecule has 1 aromatic carbocycles. The number of hydrogen-bond acceptors (Lipinski definition) is 4. The Morgan fingerprint density at radius 2 is 2.13 bits per heavy atom. The van der Waals surface area contributed by atoms with Gasteiger partial charge < -0.3 is 19.9 Å². The number of guanidine groups is 1. The molecule has 170 valence electrons. The van der Waals surface area contributed by atoms with Crippen molar-refractivity contribution in [2.45, 2.75) is 71.4 Å². The molecule has 0 saturated carbocycles. The van der Waals surface area contributed by atoms with Crippen molar-refractivity contribution in [1.82, 2.24) is 25.4 Å². The second-order valence-corrected chi connectivity index (χ2v) is 7.85. The van der Waals surface area contributed by atoms with Crippen LogP contribution in [-0.2, 0) is 19.4 Å². The zero-order chi connectivity index (χ0) is 21.9. The summed E-state index contributed by atoms with van der Waals surface area (Å²) in [6.07, 6.45) is 7.28. The van der Waals surface area contributed by atoms with E-state index in [-0.39, 0.29) is 11.9 Å². The van der Waals surface area contributed by atoms with E-state index < -0.39 is 0 Å². The van der Waals surface area contributed by atoms with Gasteiger partial charge in [-0.25, -0.2) is 9.38 Å². The first-order valence-corrected chi connectivity index (χ1v) is 11.5. The van der Waals surface area contributed by atoms with Crippen molar-refractivity contribution in [1.29, 1.82) is 0 Å². The van der Waals surface area contributed by atoms with Crippen LogP contribution in [0.15, 0.2) is 29.3 Å². The first kappa shape index (κ1) is 23.0. The maximum Gasteiger partial charge on any atom is 0.191 e. The summed E-state index contributed by atoms with van der Waals surface area (Å²) in [4.78, 5) is 4.66. The van der Waals surface area contributed by atoms with Crippen molar-refractivity contribution in [3.05, 3.63) is 41.7 Å². The number of benzene rings is 1. The molecule has 0 bridgehead atoms. The molecule has 0 aliphatic carbocycles. The third-order valence-corrected chi connectivity index (χ3v) is 5.41. The molecule has 0 saturated heterocycles. The van der Waals surface area contributed by atoms with Crippen LogP contribution >= 0.6 is 0 Å². The topological polar surface area (TPSA) is 76.4 Å². The third kappa shape index (κ3) is 7.22. The van der Waals surface area contributed by atoms with E-state index in [1.165, 1.54) is 31.4 Å². The van der Waals surface area contributed by atoms with Gasteiger partial charge in [0.2, 0.25) is 0 Å². The van der Waals surface area contributed by atoms with Gasteiger partial charge in [-0.05, 0) is 44.7 Å². The van der Waals surface area contributed by atoms with Crippen LogP contribution in [-0.4, -0.2) is 46.5 Å². The van der Waals surface area contributed by atoms with Gasteiger partial charge in [0.15, 0.2) is 5.96 Å². The summed E-state index contributed by atoms with van der Waals surface area (Å²) in [5.41, 5.74) is 0. The molecule has 3 rings (SSSR count). The summed E-state index contributed by atoms with van der Waals surface area (Å²) in [6.45, 7) is 7.21. The van der Waals surface area contributed by atoms with Crippen molar-refractivity contribution in [3.63, 3.8) is 0 Å². The number of aromatic nitrogens is 3. The molecule has 1 aliphatic rings. The Labute approximate surface area is 184 Å². The van der Waals surface area contributed by atoms with Gasteiger partial charge in [0.25, 0.3) is 0 Å². The van der Waals surface area contributed by atoms with Gasteiger partial charge in [0, 0.05) is 38.5 Å². The van der Waals surface area contributed by atoms with Gasteiger partial charge in [0.05, 0.1) is 6.54 Å². The highest BCUT2D eigenvalue weighted by atomic mass is 19.1. The van der Waals surface area contributed by atoms with Gasteiger partial charge in [-0.3, -0.25) is 0 Å². The maximum atomic E-state index is 13.4. The van der Waals surface area contributed by atoms with Gasteiger partial charge in [0.1, 0.15) is 29.3 Å². The highest BCUT2D eigenvalue weighted by Crippen LogP contribution is 2.16. The first-order valence-electron chi connectivity index (χ1n) is 11.5. The van der Waals surface area contributed by atoms with Crippen molar-refractivity contribution in [3.8, 4) is 5.75 Å². The van der Waals surface area contributed by atoms with Crippen LogP contribution in [0, 0.1) is 5.82 Å². The largest absolute Gasteiger partial charge is 0.488 e. The van der Waals surface area contributed by atoms with Crippen LogP contribution in [0.25, 0.3) is 0 Å². The van der Waals surface area contributed by atoms with Crippen molar-refractivity contribution in [2.75, 3.05) is 19.6 Å². The van der Waals surface area contributed by atoms with Crippen LogP contribution in [0.4, 0.5) is 4.39 Å². The quantitative estimate of drug-likeness (QED) is 0.343. The average Bonchev–Trinajstić information content (AvgIpc) is 2.99. The molecule has 7 nitrogen and oxygen atoms in total. The fraction of sp³-hybridized carbons (Fsp3) is 0.609. The summed E-state index contributed by atoms with van der Waals surface area (Å²) in [7, 11) is 0. The van der Waals surface area contributed by atoms with E-state index >= 15 is 0 Å². The number of fused-ring (bicyclic) bond motifs is 1. The number of hydrogen-bond donors (Lipinski definition) is 2. The van der Waals surface area contributed by atoms with Crippen molar-refractivity contribution < 1.29 is 9.13 Å². The molecule has 0 radical (unpaired) electrons. The van der Waals surface area contributed by atoms with E-state index in [0.29, 0.717) is 12.3 Å². The van der Waals surface area contributed by atoms with Crippen LogP contribution in [0.5, 0.6) is 5.75 Å². The predicted octanol–water partition coefficient (Wildman–Crippen LogP) is 3.49. The zero-order valence-electron chi connectivity index (χ0n) is 18.7. The molecule has 2 aromatic rings. The van der Waals surface area contributed by atoms with Gasteiger partial charge in [-0.1, -0.05) is 19.4 Å². The number of rotatable bonds is 10. The second-order valence-electron chi connectivity index (χ2n) is 7.85. The highest BCUT2D eigenvalue weighted by Gasteiger charge is 2.14. The SMILES string of the molecule is CCNC(=NCC(CC)Oc1cccc(F)c1)NCCCc1nnc2n1CCCCC2. The van der Waals surface area contributed by atoms with Crippen molar-refractivity contribution >= 4 is 5.96 Å². The number of nitrogens with zero attached hydrogens (tertiary/aromatic N) is 4. The maximum absolute atomic E-state index is 13.4. The van der Waals surface area contributed by atoms with E-state index in [1.54, 1.807) is 12.1 Å². The summed E-state index contributed by atoms with van der Waals surface area (Å²) in [5.74, 6) is 3.24. The molecule has 1 unspecified atom stereocenters. The fourth-order valence-electron chi connectivity index (χ4n) is 3.70. The van der Waals surface area contributed by atoms with Crippen LogP contribution in [0.1, 0.15) is 57.6 Å². The molecule has 0 fully saturated rings. The standard InChI is InChI=1S/C23H35FN6O/c1-3-19(31-20-11-8-10-18(24)16-20)17-27-23(25-4-2)26-14-9-13-22-29-28-21-12-6-5-7-15-30(21)22/h8,10-11,16,19H,3-7,9,12-15,17H2,1-2H3,(H2,25,26,27). The highest BCUT2D eigenvalue weighted by molar-refractivity contribution is 5.79. The Morgan fingerprint density at radius 3 is 2.94 bits per heavy atom.